The number of rotatable bonds is 5. The predicted molar refractivity (Wildman–Crippen MR) is 69.4 cm³/mol. The van der Waals surface area contributed by atoms with Gasteiger partial charge >= 0.3 is 5.97 Å². The van der Waals surface area contributed by atoms with E-state index in [1.165, 1.54) is 12.1 Å². The van der Waals surface area contributed by atoms with Crippen LogP contribution in [0.25, 0.3) is 0 Å². The van der Waals surface area contributed by atoms with Gasteiger partial charge in [-0.2, -0.15) is 0 Å². The maximum Gasteiger partial charge on any atom is 0.341 e. The lowest BCUT2D eigenvalue weighted by Gasteiger charge is -2.11. The largest absolute Gasteiger partial charge is 0.507 e. The van der Waals surface area contributed by atoms with Crippen molar-refractivity contribution in [2.24, 2.45) is 0 Å². The number of methoxy groups -OCH3 is 1. The highest BCUT2D eigenvalue weighted by atomic mass is 32.2. The molecule has 2 N–H and O–H groups in total. The molecule has 0 aromatic heterocycles. The van der Waals surface area contributed by atoms with Gasteiger partial charge in [0.15, 0.2) is 0 Å². The molecular weight excluding hydrogens is 270 g/mol. The highest BCUT2D eigenvalue weighted by Gasteiger charge is 2.20. The summed E-state index contributed by atoms with van der Waals surface area (Å²) in [5.41, 5.74) is -0.211. The normalized spacial score (nSPS) is 12.7. The van der Waals surface area contributed by atoms with Gasteiger partial charge in [-0.25, -0.2) is 17.9 Å². The number of benzene rings is 1. The Balaban J connectivity index is 3.22. The Morgan fingerprint density at radius 2 is 2.16 bits per heavy atom. The fourth-order valence-electron chi connectivity index (χ4n) is 1.32. The molecule has 1 aromatic carbocycles. The molecule has 0 spiro atoms. The number of ether oxygens (including phenoxy) is 1. The number of sulfonamides is 1. The highest BCUT2D eigenvalue weighted by Crippen LogP contribution is 2.22. The molecule has 0 saturated carbocycles. The molecule has 19 heavy (non-hydrogen) atoms. The minimum Gasteiger partial charge on any atom is -0.507 e. The summed E-state index contributed by atoms with van der Waals surface area (Å²) in [6, 6.07) is 2.92. The number of hydrogen-bond donors (Lipinski definition) is 2. The monoisotopic (exact) mass is 285 g/mol. The molecule has 0 aliphatic rings. The van der Waals surface area contributed by atoms with Gasteiger partial charge < -0.3 is 9.84 Å². The van der Waals surface area contributed by atoms with E-state index >= 15 is 0 Å². The minimum absolute atomic E-state index is 0.139. The van der Waals surface area contributed by atoms with Crippen LogP contribution in [0.5, 0.6) is 5.75 Å². The SMILES string of the molecule is C=CC(C)NS(=O)(=O)c1ccc(O)c(C(=O)OC)c1. The summed E-state index contributed by atoms with van der Waals surface area (Å²) in [5, 5.41) is 9.50. The molecule has 104 valence electrons. The molecule has 0 bridgehead atoms. The van der Waals surface area contributed by atoms with E-state index in [0.29, 0.717) is 0 Å². The van der Waals surface area contributed by atoms with Crippen LogP contribution in [0.3, 0.4) is 0 Å². The molecule has 7 heteroatoms. The summed E-state index contributed by atoms with van der Waals surface area (Å²) in [7, 11) is -2.65. The first-order valence-electron chi connectivity index (χ1n) is 5.38. The van der Waals surface area contributed by atoms with E-state index in [-0.39, 0.29) is 16.2 Å². The number of carbonyl (C=O) groups is 1. The lowest BCUT2D eigenvalue weighted by atomic mass is 10.2. The number of carbonyl (C=O) groups excluding carboxylic acids is 1. The fourth-order valence-corrected chi connectivity index (χ4v) is 2.56. The number of nitrogens with one attached hydrogen (secondary N) is 1. The molecule has 0 aliphatic carbocycles. The molecule has 0 amide bonds. The first kappa shape index (κ1) is 15.2. The zero-order valence-electron chi connectivity index (χ0n) is 10.6. The van der Waals surface area contributed by atoms with Crippen molar-refractivity contribution in [2.75, 3.05) is 7.11 Å². The van der Waals surface area contributed by atoms with Crippen molar-refractivity contribution < 1.29 is 23.1 Å². The van der Waals surface area contributed by atoms with Crippen molar-refractivity contribution >= 4 is 16.0 Å². The number of esters is 1. The standard InChI is InChI=1S/C12H15NO5S/c1-4-8(2)13-19(16,17)9-5-6-11(14)10(7-9)12(15)18-3/h4-8,13-14H,1H2,2-3H3. The van der Waals surface area contributed by atoms with Gasteiger partial charge in [-0.05, 0) is 25.1 Å². The van der Waals surface area contributed by atoms with Gasteiger partial charge in [-0.3, -0.25) is 0 Å². The van der Waals surface area contributed by atoms with Gasteiger partial charge in [0.2, 0.25) is 10.0 Å². The third kappa shape index (κ3) is 3.55. The minimum atomic E-state index is -3.79. The quantitative estimate of drug-likeness (QED) is 0.622. The zero-order chi connectivity index (χ0) is 14.6. The van der Waals surface area contributed by atoms with Crippen LogP contribution in [-0.4, -0.2) is 32.6 Å². The van der Waals surface area contributed by atoms with Crippen molar-refractivity contribution in [3.8, 4) is 5.75 Å². The Bertz CT molecular complexity index is 594. The second-order valence-corrected chi connectivity index (χ2v) is 5.53. The maximum absolute atomic E-state index is 12.0. The molecular formula is C12H15NO5S. The molecule has 0 heterocycles. The predicted octanol–water partition coefficient (Wildman–Crippen LogP) is 1.03. The Labute approximate surface area is 111 Å². The molecule has 0 fully saturated rings. The lowest BCUT2D eigenvalue weighted by molar-refractivity contribution is 0.0597. The van der Waals surface area contributed by atoms with Crippen molar-refractivity contribution in [2.45, 2.75) is 17.9 Å². The van der Waals surface area contributed by atoms with Gasteiger partial charge in [0.1, 0.15) is 11.3 Å². The van der Waals surface area contributed by atoms with Crippen molar-refractivity contribution in [1.29, 1.82) is 0 Å². The number of hydrogen-bond acceptors (Lipinski definition) is 5. The van der Waals surface area contributed by atoms with Gasteiger partial charge in [0.05, 0.1) is 12.0 Å². The Morgan fingerprint density at radius 3 is 2.68 bits per heavy atom. The molecule has 1 rings (SSSR count). The Hall–Kier alpha value is -1.86. The summed E-state index contributed by atoms with van der Waals surface area (Å²) in [5.74, 6) is -1.16. The number of phenolic OH excluding ortho intramolecular Hbond substituents is 1. The van der Waals surface area contributed by atoms with Crippen LogP contribution in [-0.2, 0) is 14.8 Å². The second-order valence-electron chi connectivity index (χ2n) is 3.82. The van der Waals surface area contributed by atoms with Crippen LogP contribution in [0.2, 0.25) is 0 Å². The van der Waals surface area contributed by atoms with Gasteiger partial charge in [0.25, 0.3) is 0 Å². The molecule has 0 aliphatic heterocycles. The number of aromatic hydroxyl groups is 1. The Kier molecular flexibility index (Phi) is 4.68. The maximum atomic E-state index is 12.0. The lowest BCUT2D eigenvalue weighted by Crippen LogP contribution is -2.31. The van der Waals surface area contributed by atoms with E-state index < -0.39 is 22.0 Å². The van der Waals surface area contributed by atoms with Crippen LogP contribution >= 0.6 is 0 Å². The van der Waals surface area contributed by atoms with Gasteiger partial charge in [-0.15, -0.1) is 6.58 Å². The molecule has 1 unspecified atom stereocenters. The number of phenols is 1. The molecule has 0 radical (unpaired) electrons. The van der Waals surface area contributed by atoms with Crippen LogP contribution in [0.15, 0.2) is 35.7 Å². The van der Waals surface area contributed by atoms with Crippen LogP contribution in [0.1, 0.15) is 17.3 Å². The topological polar surface area (TPSA) is 92.7 Å². The van der Waals surface area contributed by atoms with Gasteiger partial charge in [0, 0.05) is 6.04 Å². The summed E-state index contributed by atoms with van der Waals surface area (Å²) in [6.45, 7) is 5.09. The van der Waals surface area contributed by atoms with Gasteiger partial charge in [-0.1, -0.05) is 6.08 Å². The van der Waals surface area contributed by atoms with Crippen LogP contribution in [0.4, 0.5) is 0 Å². The van der Waals surface area contributed by atoms with E-state index in [4.69, 9.17) is 0 Å². The summed E-state index contributed by atoms with van der Waals surface area (Å²) in [6.07, 6.45) is 1.43. The summed E-state index contributed by atoms with van der Waals surface area (Å²) in [4.78, 5) is 11.2. The van der Waals surface area contributed by atoms with E-state index in [2.05, 4.69) is 16.0 Å². The molecule has 1 aromatic rings. The Morgan fingerprint density at radius 1 is 1.53 bits per heavy atom. The third-order valence-electron chi connectivity index (χ3n) is 2.38. The van der Waals surface area contributed by atoms with E-state index in [1.54, 1.807) is 6.92 Å². The summed E-state index contributed by atoms with van der Waals surface area (Å²) < 4.78 is 30.8. The third-order valence-corrected chi connectivity index (χ3v) is 3.93. The second kappa shape index (κ2) is 5.85. The van der Waals surface area contributed by atoms with E-state index in [0.717, 1.165) is 19.2 Å². The van der Waals surface area contributed by atoms with Crippen molar-refractivity contribution in [1.82, 2.24) is 4.72 Å². The summed E-state index contributed by atoms with van der Waals surface area (Å²) >= 11 is 0. The highest BCUT2D eigenvalue weighted by molar-refractivity contribution is 7.89. The van der Waals surface area contributed by atoms with E-state index in [9.17, 15) is 18.3 Å². The molecule has 1 atom stereocenters. The van der Waals surface area contributed by atoms with Crippen molar-refractivity contribution in [3.05, 3.63) is 36.4 Å². The van der Waals surface area contributed by atoms with Crippen LogP contribution < -0.4 is 4.72 Å². The first-order valence-corrected chi connectivity index (χ1v) is 6.86. The zero-order valence-corrected chi connectivity index (χ0v) is 11.4. The molecule has 6 nitrogen and oxygen atoms in total. The average molecular weight is 285 g/mol. The smallest absolute Gasteiger partial charge is 0.341 e. The van der Waals surface area contributed by atoms with Crippen molar-refractivity contribution in [3.63, 3.8) is 0 Å². The fraction of sp³-hybridized carbons (Fsp3) is 0.250. The van der Waals surface area contributed by atoms with Crippen LogP contribution in [0, 0.1) is 0 Å². The first-order chi connectivity index (χ1) is 8.81. The average Bonchev–Trinajstić information content (AvgIpc) is 2.37. The van der Waals surface area contributed by atoms with E-state index in [1.807, 2.05) is 0 Å². The molecule has 0 saturated heterocycles.